The normalized spacial score (nSPS) is 16.0. The maximum absolute atomic E-state index is 12.4. The monoisotopic (exact) mass is 475 g/mol. The lowest BCUT2D eigenvalue weighted by atomic mass is 9.72. The summed E-state index contributed by atoms with van der Waals surface area (Å²) >= 11 is 10.3. The zero-order valence-corrected chi connectivity index (χ0v) is 19.3. The number of benzene rings is 1. The molecule has 0 bridgehead atoms. The molecule has 0 spiro atoms. The van der Waals surface area contributed by atoms with E-state index in [-0.39, 0.29) is 16.4 Å². The van der Waals surface area contributed by atoms with Crippen LogP contribution in [0.25, 0.3) is 0 Å². The molecule has 0 radical (unpaired) electrons. The largest absolute Gasteiger partial charge is 0.323 e. The summed E-state index contributed by atoms with van der Waals surface area (Å²) in [6.07, 6.45) is 2.98. The first-order valence-electron chi connectivity index (χ1n) is 9.12. The predicted octanol–water partition coefficient (Wildman–Crippen LogP) is 5.66. The van der Waals surface area contributed by atoms with Gasteiger partial charge in [0.05, 0.1) is 11.1 Å². The van der Waals surface area contributed by atoms with E-state index in [0.29, 0.717) is 21.5 Å². The third-order valence-corrected chi connectivity index (χ3v) is 7.24. The molecule has 1 aromatic heterocycles. The van der Waals surface area contributed by atoms with Crippen LogP contribution in [0.3, 0.4) is 0 Å². The van der Waals surface area contributed by atoms with Crippen molar-refractivity contribution in [2.24, 2.45) is 11.3 Å². The molecule has 2 N–H and O–H groups in total. The van der Waals surface area contributed by atoms with Crippen molar-refractivity contribution in [2.75, 3.05) is 5.32 Å². The van der Waals surface area contributed by atoms with Crippen molar-refractivity contribution in [3.05, 3.63) is 50.3 Å². The van der Waals surface area contributed by atoms with Crippen LogP contribution in [0.15, 0.2) is 28.7 Å². The molecule has 7 heteroatoms. The minimum atomic E-state index is -0.294. The molecule has 1 heterocycles. The van der Waals surface area contributed by atoms with Crippen molar-refractivity contribution < 1.29 is 4.79 Å². The van der Waals surface area contributed by atoms with Gasteiger partial charge in [0.1, 0.15) is 11.1 Å². The third kappa shape index (κ3) is 4.45. The zero-order chi connectivity index (χ0) is 20.5. The van der Waals surface area contributed by atoms with E-state index in [2.05, 4.69) is 53.4 Å². The van der Waals surface area contributed by atoms with Crippen LogP contribution in [-0.4, -0.2) is 11.0 Å². The van der Waals surface area contributed by atoms with Gasteiger partial charge in [-0.25, -0.2) is 0 Å². The van der Waals surface area contributed by atoms with Gasteiger partial charge >= 0.3 is 0 Å². The van der Waals surface area contributed by atoms with Crippen LogP contribution in [0, 0.1) is 22.7 Å². The number of carbonyl (C=O) groups excluding carboxylic acids is 1. The highest BCUT2D eigenvalue weighted by atomic mass is 79.9. The number of thiocarbonyl (C=S) groups is 1. The third-order valence-electron chi connectivity index (χ3n) is 5.17. The zero-order valence-electron chi connectivity index (χ0n) is 16.1. The van der Waals surface area contributed by atoms with Gasteiger partial charge in [-0.05, 0) is 76.4 Å². The summed E-state index contributed by atoms with van der Waals surface area (Å²) in [5, 5.41) is 16.4. The Morgan fingerprint density at radius 2 is 2.07 bits per heavy atom. The van der Waals surface area contributed by atoms with E-state index in [9.17, 15) is 10.1 Å². The number of anilines is 1. The summed E-state index contributed by atoms with van der Waals surface area (Å²) in [6.45, 7) is 6.81. The Morgan fingerprint density at radius 1 is 1.36 bits per heavy atom. The second kappa shape index (κ2) is 8.32. The molecule has 3 rings (SSSR count). The number of halogens is 1. The first kappa shape index (κ1) is 21.0. The Labute approximate surface area is 183 Å². The van der Waals surface area contributed by atoms with Crippen LogP contribution < -0.4 is 10.6 Å². The molecule has 146 valence electrons. The van der Waals surface area contributed by atoms with Gasteiger partial charge in [0.15, 0.2) is 5.11 Å². The number of hydrogen-bond acceptors (Lipinski definition) is 4. The SMILES string of the molecule is CC(C)(C)[C@H]1CCc2c(sc(NC(=S)NC(=O)c3ccccc3Br)c2C#N)C1. The van der Waals surface area contributed by atoms with Gasteiger partial charge in [-0.3, -0.25) is 10.1 Å². The van der Waals surface area contributed by atoms with Crippen molar-refractivity contribution >= 4 is 55.5 Å². The molecule has 4 nitrogen and oxygen atoms in total. The maximum Gasteiger partial charge on any atom is 0.258 e. The van der Waals surface area contributed by atoms with Crippen molar-refractivity contribution in [1.29, 1.82) is 5.26 Å². The van der Waals surface area contributed by atoms with Gasteiger partial charge in [-0.1, -0.05) is 32.9 Å². The van der Waals surface area contributed by atoms with Crippen LogP contribution in [0.2, 0.25) is 0 Å². The summed E-state index contributed by atoms with van der Waals surface area (Å²) in [5.74, 6) is 0.303. The van der Waals surface area contributed by atoms with Crippen LogP contribution in [0.4, 0.5) is 5.00 Å². The number of amides is 1. The Balaban J connectivity index is 1.75. The molecule has 1 amide bonds. The van der Waals surface area contributed by atoms with Gasteiger partial charge in [-0.2, -0.15) is 5.26 Å². The van der Waals surface area contributed by atoms with Gasteiger partial charge in [0, 0.05) is 9.35 Å². The smallest absolute Gasteiger partial charge is 0.258 e. The Bertz CT molecular complexity index is 969. The number of nitrogens with one attached hydrogen (secondary N) is 2. The molecule has 0 fully saturated rings. The lowest BCUT2D eigenvalue weighted by molar-refractivity contribution is 0.0977. The Morgan fingerprint density at radius 3 is 2.71 bits per heavy atom. The summed E-state index contributed by atoms with van der Waals surface area (Å²) in [7, 11) is 0. The molecule has 0 aliphatic heterocycles. The highest BCUT2D eigenvalue weighted by Gasteiger charge is 2.32. The molecule has 1 aliphatic carbocycles. The fraction of sp³-hybridized carbons (Fsp3) is 0.381. The average Bonchev–Trinajstić information content (AvgIpc) is 2.97. The van der Waals surface area contributed by atoms with Crippen LogP contribution in [0.5, 0.6) is 0 Å². The summed E-state index contributed by atoms with van der Waals surface area (Å²) < 4.78 is 0.702. The average molecular weight is 476 g/mol. The van der Waals surface area contributed by atoms with E-state index in [1.165, 1.54) is 4.88 Å². The first-order valence-corrected chi connectivity index (χ1v) is 11.1. The van der Waals surface area contributed by atoms with E-state index in [0.717, 1.165) is 29.8 Å². The van der Waals surface area contributed by atoms with Crippen LogP contribution in [-0.2, 0) is 12.8 Å². The highest BCUT2D eigenvalue weighted by molar-refractivity contribution is 9.10. The number of carbonyl (C=O) groups is 1. The van der Waals surface area contributed by atoms with Gasteiger partial charge in [-0.15, -0.1) is 11.3 Å². The fourth-order valence-corrected chi connectivity index (χ4v) is 5.49. The van der Waals surface area contributed by atoms with Crippen molar-refractivity contribution in [1.82, 2.24) is 5.32 Å². The van der Waals surface area contributed by atoms with Crippen molar-refractivity contribution in [2.45, 2.75) is 40.0 Å². The first-order chi connectivity index (χ1) is 13.2. The fourth-order valence-electron chi connectivity index (χ4n) is 3.48. The second-order valence-corrected chi connectivity index (χ2v) is 10.4. The lowest BCUT2D eigenvalue weighted by Gasteiger charge is -2.33. The lowest BCUT2D eigenvalue weighted by Crippen LogP contribution is -2.34. The van der Waals surface area contributed by atoms with E-state index < -0.39 is 0 Å². The standard InChI is InChI=1S/C21H22BrN3OS2/c1-21(2,3)12-8-9-13-15(11-23)19(28-17(13)10-12)25-20(27)24-18(26)14-6-4-5-7-16(14)22/h4-7,12H,8-10H2,1-3H3,(H2,24,25,26,27)/t12-/m0/s1. The number of fused-ring (bicyclic) bond motifs is 1. The van der Waals surface area contributed by atoms with Crippen molar-refractivity contribution in [3.63, 3.8) is 0 Å². The molecule has 28 heavy (non-hydrogen) atoms. The van der Waals surface area contributed by atoms with E-state index >= 15 is 0 Å². The number of thiophene rings is 1. The molecule has 1 atom stereocenters. The second-order valence-electron chi connectivity index (χ2n) is 8.01. The number of nitriles is 1. The molecule has 0 unspecified atom stereocenters. The van der Waals surface area contributed by atoms with Gasteiger partial charge < -0.3 is 5.32 Å². The molecule has 2 aromatic rings. The highest BCUT2D eigenvalue weighted by Crippen LogP contribution is 2.43. The number of nitrogens with zero attached hydrogens (tertiary/aromatic N) is 1. The van der Waals surface area contributed by atoms with Crippen LogP contribution in [0.1, 0.15) is 53.6 Å². The molecule has 0 saturated carbocycles. The molecular formula is C21H22BrN3OS2. The molecule has 1 aliphatic rings. The minimum Gasteiger partial charge on any atom is -0.323 e. The van der Waals surface area contributed by atoms with Gasteiger partial charge in [0.25, 0.3) is 5.91 Å². The minimum absolute atomic E-state index is 0.197. The summed E-state index contributed by atoms with van der Waals surface area (Å²) in [4.78, 5) is 13.7. The number of rotatable bonds is 2. The summed E-state index contributed by atoms with van der Waals surface area (Å²) in [5.41, 5.74) is 2.54. The molecule has 0 saturated heterocycles. The maximum atomic E-state index is 12.4. The van der Waals surface area contributed by atoms with E-state index in [1.807, 2.05) is 6.07 Å². The van der Waals surface area contributed by atoms with Crippen LogP contribution >= 0.6 is 39.5 Å². The quantitative estimate of drug-likeness (QED) is 0.549. The number of hydrogen-bond donors (Lipinski definition) is 2. The predicted molar refractivity (Wildman–Crippen MR) is 122 cm³/mol. The Hall–Kier alpha value is -1.75. The van der Waals surface area contributed by atoms with Crippen molar-refractivity contribution in [3.8, 4) is 6.07 Å². The summed E-state index contributed by atoms with van der Waals surface area (Å²) in [6, 6.07) is 9.49. The molecule has 1 aromatic carbocycles. The van der Waals surface area contributed by atoms with E-state index in [4.69, 9.17) is 12.2 Å². The van der Waals surface area contributed by atoms with E-state index in [1.54, 1.807) is 29.5 Å². The van der Waals surface area contributed by atoms with Gasteiger partial charge in [0.2, 0.25) is 0 Å². The topological polar surface area (TPSA) is 64.9 Å². The molecular weight excluding hydrogens is 454 g/mol. The Kier molecular flexibility index (Phi) is 6.23.